The van der Waals surface area contributed by atoms with Crippen LogP contribution in [0.25, 0.3) is 231 Å². The molecule has 0 amide bonds. The van der Waals surface area contributed by atoms with Gasteiger partial charge >= 0.3 is 0 Å². The van der Waals surface area contributed by atoms with Crippen molar-refractivity contribution in [2.24, 2.45) is 0 Å². The predicted molar refractivity (Wildman–Crippen MR) is 498 cm³/mol. The molecule has 25 rings (SSSR count). The summed E-state index contributed by atoms with van der Waals surface area (Å²) >= 11 is 0. The van der Waals surface area contributed by atoms with E-state index in [2.05, 4.69) is 443 Å². The van der Waals surface area contributed by atoms with E-state index in [1.165, 1.54) is 180 Å². The normalized spacial score (nSPS) is 11.9. The van der Waals surface area contributed by atoms with Crippen LogP contribution in [-0.2, 0) is 0 Å². The third-order valence-corrected chi connectivity index (χ3v) is 24.6. The van der Waals surface area contributed by atoms with E-state index in [-0.39, 0.29) is 0 Å². The Morgan fingerprint density at radius 2 is 0.432 bits per heavy atom. The van der Waals surface area contributed by atoms with E-state index in [0.717, 1.165) is 50.3 Å². The molecule has 548 valence electrons. The summed E-state index contributed by atoms with van der Waals surface area (Å²) in [5.41, 5.74) is 27.6. The van der Waals surface area contributed by atoms with Crippen LogP contribution >= 0.6 is 0 Å². The second-order valence-electron chi connectivity index (χ2n) is 31.1. The molecule has 0 aliphatic heterocycles. The van der Waals surface area contributed by atoms with Crippen molar-refractivity contribution < 1.29 is 0 Å². The first-order valence-electron chi connectivity index (χ1n) is 40.5. The monoisotopic (exact) mass is 1500 g/mol. The minimum absolute atomic E-state index is 0.998. The van der Waals surface area contributed by atoms with E-state index in [1.54, 1.807) is 0 Å². The molecular weight excluding hydrogens is 1430 g/mol. The van der Waals surface area contributed by atoms with Gasteiger partial charge < -0.3 is 18.3 Å². The summed E-state index contributed by atoms with van der Waals surface area (Å²) in [5.74, 6) is 0. The quantitative estimate of drug-likeness (QED) is 0.135. The smallest absolute Gasteiger partial charge is 0.0789 e. The highest BCUT2D eigenvalue weighted by atomic mass is 15.0. The Balaban J connectivity index is 0.000000135. The zero-order chi connectivity index (χ0) is 77.5. The van der Waals surface area contributed by atoms with Gasteiger partial charge in [0.15, 0.2) is 0 Å². The second kappa shape index (κ2) is 27.0. The van der Waals surface area contributed by atoms with Crippen molar-refractivity contribution in [2.75, 3.05) is 0 Å². The van der Waals surface area contributed by atoms with Gasteiger partial charge in [0, 0.05) is 109 Å². The fourth-order valence-electron chi connectivity index (χ4n) is 19.2. The standard InChI is InChI=1S/C59H37N3.C53H33N3/c1-2-13-44(14-3-1)61-54-20-10-7-16-47(54)51-36-42(29-34-56(51)61)43-30-35-57-52(37-43)48-17-8-11-21-55(48)62(57)45-31-26-39(27-32-45)38-22-24-41(25-23-38)59-50-33-28-40-12-4-5-15-46(40)58(50)49-18-6-9-19-53(49)60-59;1-2-15-38(16-3-1)55-48-23-10-7-19-41(48)45-32-35(26-29-50(45)55)36-27-30-51-46(33-36)42-20-8-11-24-49(42)56(51)39-17-12-14-37(31-39)53-44-28-25-34-13-4-5-18-40(34)52(44)43-21-6-9-22-47(43)54-53/h1-37H;1-33H. The highest BCUT2D eigenvalue weighted by molar-refractivity contribution is 6.24. The van der Waals surface area contributed by atoms with E-state index in [0.29, 0.717) is 0 Å². The van der Waals surface area contributed by atoms with Gasteiger partial charge in [-0.3, -0.25) is 0 Å². The van der Waals surface area contributed by atoms with Gasteiger partial charge in [0.2, 0.25) is 0 Å². The van der Waals surface area contributed by atoms with Gasteiger partial charge in [0.25, 0.3) is 0 Å². The summed E-state index contributed by atoms with van der Waals surface area (Å²) in [6.07, 6.45) is 0. The molecule has 6 aromatic heterocycles. The first-order valence-corrected chi connectivity index (χ1v) is 40.5. The Labute approximate surface area is 679 Å². The van der Waals surface area contributed by atoms with Gasteiger partial charge in [0.1, 0.15) is 0 Å². The summed E-state index contributed by atoms with van der Waals surface area (Å²) in [6.45, 7) is 0. The number of benzene rings is 19. The molecule has 0 spiro atoms. The van der Waals surface area contributed by atoms with E-state index in [4.69, 9.17) is 9.97 Å². The van der Waals surface area contributed by atoms with E-state index < -0.39 is 0 Å². The van der Waals surface area contributed by atoms with Gasteiger partial charge in [-0.25, -0.2) is 9.97 Å². The molecule has 25 aromatic rings. The maximum absolute atomic E-state index is 5.32. The molecule has 0 atom stereocenters. The molecule has 0 saturated carbocycles. The van der Waals surface area contributed by atoms with Crippen LogP contribution in [0.2, 0.25) is 0 Å². The largest absolute Gasteiger partial charge is 0.309 e. The molecule has 0 bridgehead atoms. The number of hydrogen-bond acceptors (Lipinski definition) is 2. The Morgan fingerprint density at radius 1 is 0.144 bits per heavy atom. The summed E-state index contributed by atoms with van der Waals surface area (Å²) in [4.78, 5) is 10.5. The Bertz CT molecular complexity index is 8380. The maximum Gasteiger partial charge on any atom is 0.0789 e. The number of nitrogens with zero attached hydrogens (tertiary/aromatic N) is 6. The first-order chi connectivity index (χ1) is 58.5. The Kier molecular flexibility index (Phi) is 15.3. The molecule has 0 unspecified atom stereocenters. The summed E-state index contributed by atoms with van der Waals surface area (Å²) in [5, 5.41) is 22.2. The minimum atomic E-state index is 0.998. The Hall–Kier alpha value is -15.8. The number of para-hydroxylation sites is 8. The van der Waals surface area contributed by atoms with Crippen LogP contribution < -0.4 is 0 Å². The predicted octanol–water partition coefficient (Wildman–Crippen LogP) is 29.8. The minimum Gasteiger partial charge on any atom is -0.309 e. The molecule has 6 heterocycles. The number of hydrogen-bond donors (Lipinski definition) is 0. The molecule has 0 radical (unpaired) electrons. The molecule has 118 heavy (non-hydrogen) atoms. The van der Waals surface area contributed by atoms with E-state index in [1.807, 2.05) is 0 Å². The molecule has 19 aromatic carbocycles. The van der Waals surface area contributed by atoms with Gasteiger partial charge in [-0.15, -0.1) is 0 Å². The second-order valence-corrected chi connectivity index (χ2v) is 31.1. The molecule has 0 saturated heterocycles. The van der Waals surface area contributed by atoms with Crippen molar-refractivity contribution in [3.63, 3.8) is 0 Å². The summed E-state index contributed by atoms with van der Waals surface area (Å²) < 4.78 is 9.56. The zero-order valence-corrected chi connectivity index (χ0v) is 64.1. The first kappa shape index (κ1) is 66.8. The molecular formula is C112H70N6. The van der Waals surface area contributed by atoms with Gasteiger partial charge in [-0.2, -0.15) is 0 Å². The molecule has 0 N–H and O–H groups in total. The lowest BCUT2D eigenvalue weighted by atomic mass is 9.94. The molecule has 0 fully saturated rings. The van der Waals surface area contributed by atoms with Crippen LogP contribution in [0.4, 0.5) is 0 Å². The van der Waals surface area contributed by atoms with Gasteiger partial charge in [0.05, 0.1) is 66.6 Å². The van der Waals surface area contributed by atoms with Crippen LogP contribution in [-0.4, -0.2) is 28.2 Å². The molecule has 6 heteroatoms. The average molecular weight is 1500 g/mol. The van der Waals surface area contributed by atoms with E-state index in [9.17, 15) is 0 Å². The lowest BCUT2D eigenvalue weighted by Gasteiger charge is -2.14. The van der Waals surface area contributed by atoms with Crippen LogP contribution in [0.15, 0.2) is 425 Å². The van der Waals surface area contributed by atoms with Crippen molar-refractivity contribution in [1.29, 1.82) is 0 Å². The fraction of sp³-hybridized carbons (Fsp3) is 0. The van der Waals surface area contributed by atoms with Crippen molar-refractivity contribution >= 4 is 152 Å². The summed E-state index contributed by atoms with van der Waals surface area (Å²) in [6, 6.07) is 154. The Morgan fingerprint density at radius 3 is 0.839 bits per heavy atom. The number of aromatic nitrogens is 6. The molecule has 0 aliphatic rings. The lowest BCUT2D eigenvalue weighted by Crippen LogP contribution is -1.96. The molecule has 6 nitrogen and oxygen atoms in total. The van der Waals surface area contributed by atoms with Gasteiger partial charge in [-0.1, -0.05) is 291 Å². The van der Waals surface area contributed by atoms with Gasteiger partial charge in [-0.05, 0) is 188 Å². The fourth-order valence-corrected chi connectivity index (χ4v) is 19.2. The van der Waals surface area contributed by atoms with E-state index >= 15 is 0 Å². The lowest BCUT2D eigenvalue weighted by molar-refractivity contribution is 1.18. The molecule has 0 aliphatic carbocycles. The topological polar surface area (TPSA) is 45.5 Å². The SMILES string of the molecule is c1ccc(-n2c3ccccc3c3cc(-c4ccc5c(c4)c4ccccc4n5-c4ccc(-c5ccc(-c6nc7ccccc7c7c6ccc6ccccc67)cc5)cc4)ccc32)cc1.c1ccc(-n2c3ccccc3c3cc(-c4ccc5c(c4)c4ccccc4n5-c4cccc(-c5nc6ccccc6c6c5ccc5ccccc56)c4)ccc32)cc1. The third kappa shape index (κ3) is 10.7. The van der Waals surface area contributed by atoms with Crippen molar-refractivity contribution in [2.45, 2.75) is 0 Å². The van der Waals surface area contributed by atoms with Crippen molar-refractivity contribution in [3.05, 3.63) is 425 Å². The van der Waals surface area contributed by atoms with Crippen LogP contribution in [0, 0.1) is 0 Å². The highest BCUT2D eigenvalue weighted by Gasteiger charge is 2.22. The number of rotatable bonds is 9. The number of fused-ring (bicyclic) bond motifs is 22. The van der Waals surface area contributed by atoms with Crippen LogP contribution in [0.1, 0.15) is 0 Å². The average Bonchev–Trinajstić information content (AvgIpc) is 1.16. The van der Waals surface area contributed by atoms with Crippen LogP contribution in [0.5, 0.6) is 0 Å². The zero-order valence-electron chi connectivity index (χ0n) is 64.1. The number of pyridine rings is 2. The third-order valence-electron chi connectivity index (χ3n) is 24.6. The highest BCUT2D eigenvalue weighted by Crippen LogP contribution is 2.45. The van der Waals surface area contributed by atoms with Crippen molar-refractivity contribution in [3.8, 4) is 78.6 Å². The summed E-state index contributed by atoms with van der Waals surface area (Å²) in [7, 11) is 0. The maximum atomic E-state index is 5.32. The van der Waals surface area contributed by atoms with Crippen molar-refractivity contribution in [1.82, 2.24) is 28.2 Å². The van der Waals surface area contributed by atoms with Crippen LogP contribution in [0.3, 0.4) is 0 Å².